The van der Waals surface area contributed by atoms with Crippen LogP contribution in [0.4, 0.5) is 5.69 Å². The molecule has 0 bridgehead atoms. The fourth-order valence-electron chi connectivity index (χ4n) is 2.62. The average molecular weight is 347 g/mol. The molecule has 0 aliphatic carbocycles. The van der Waals surface area contributed by atoms with Crippen molar-refractivity contribution in [3.8, 4) is 0 Å². The van der Waals surface area contributed by atoms with Crippen LogP contribution in [0.2, 0.25) is 0 Å². The summed E-state index contributed by atoms with van der Waals surface area (Å²) in [6, 6.07) is 7.82. The lowest BCUT2D eigenvalue weighted by molar-refractivity contribution is -0.116. The Hall–Kier alpha value is -2.02. The molecule has 1 aliphatic heterocycles. The summed E-state index contributed by atoms with van der Waals surface area (Å²) in [5, 5.41) is 3.91. The van der Waals surface area contributed by atoms with Crippen LogP contribution in [0.3, 0.4) is 0 Å². The number of aromatic nitrogens is 2. The Balaban J connectivity index is 1.61. The van der Waals surface area contributed by atoms with Gasteiger partial charge in [0.25, 0.3) is 0 Å². The summed E-state index contributed by atoms with van der Waals surface area (Å²) in [4.78, 5) is 18.4. The number of amides is 1. The molecule has 0 fully saturated rings. The molecule has 1 aromatic carbocycles. The number of hydrogen-bond donors (Lipinski definition) is 0. The minimum absolute atomic E-state index is 0.0401. The van der Waals surface area contributed by atoms with Gasteiger partial charge in [0.15, 0.2) is 5.82 Å². The molecule has 0 spiro atoms. The normalized spacial score (nSPS) is 15.4. The van der Waals surface area contributed by atoms with Crippen LogP contribution in [-0.2, 0) is 33.2 Å². The van der Waals surface area contributed by atoms with Crippen LogP contribution in [0.15, 0.2) is 28.8 Å². The monoisotopic (exact) mass is 347 g/mol. The number of fused-ring (bicyclic) bond motifs is 1. The number of rotatable bonds is 4. The van der Waals surface area contributed by atoms with Crippen molar-refractivity contribution in [2.45, 2.75) is 38.4 Å². The Kier molecular flexibility index (Phi) is 4.54. The Labute approximate surface area is 143 Å². The average Bonchev–Trinajstić information content (AvgIpc) is 3.12. The summed E-state index contributed by atoms with van der Waals surface area (Å²) in [6.45, 7) is 6.58. The second-order valence-corrected chi connectivity index (χ2v) is 8.37. The first kappa shape index (κ1) is 16.8. The van der Waals surface area contributed by atoms with E-state index in [4.69, 9.17) is 4.52 Å². The van der Waals surface area contributed by atoms with E-state index in [-0.39, 0.29) is 22.8 Å². The number of anilines is 1. The van der Waals surface area contributed by atoms with Gasteiger partial charge in [-0.1, -0.05) is 44.1 Å². The number of carbonyl (C=O) groups is 1. The molecule has 7 heteroatoms. The van der Waals surface area contributed by atoms with Gasteiger partial charge in [-0.3, -0.25) is 9.00 Å². The van der Waals surface area contributed by atoms with Crippen molar-refractivity contribution >= 4 is 22.4 Å². The van der Waals surface area contributed by atoms with Gasteiger partial charge in [-0.25, -0.2) is 0 Å². The molecule has 0 radical (unpaired) electrons. The molecule has 24 heavy (non-hydrogen) atoms. The third kappa shape index (κ3) is 3.56. The van der Waals surface area contributed by atoms with Crippen molar-refractivity contribution in [2.75, 3.05) is 17.2 Å². The molecule has 1 amide bonds. The highest BCUT2D eigenvalue weighted by atomic mass is 32.2. The number of carbonyl (C=O) groups excluding carboxylic acids is 1. The van der Waals surface area contributed by atoms with Gasteiger partial charge >= 0.3 is 0 Å². The van der Waals surface area contributed by atoms with Gasteiger partial charge in [0.1, 0.15) is 11.5 Å². The zero-order valence-electron chi connectivity index (χ0n) is 14.1. The summed E-state index contributed by atoms with van der Waals surface area (Å²) in [7, 11) is -1.37. The van der Waals surface area contributed by atoms with Gasteiger partial charge in [0, 0.05) is 28.4 Å². The molecule has 2 heterocycles. The van der Waals surface area contributed by atoms with Crippen molar-refractivity contribution < 1.29 is 13.5 Å². The lowest BCUT2D eigenvalue weighted by Gasteiger charge is -2.16. The lowest BCUT2D eigenvalue weighted by atomic mass is 9.96. The first-order chi connectivity index (χ1) is 11.3. The number of hydrogen-bond acceptors (Lipinski definition) is 5. The Morgan fingerprint density at radius 2 is 2.08 bits per heavy atom. The van der Waals surface area contributed by atoms with E-state index in [0.717, 1.165) is 17.7 Å². The maximum atomic E-state index is 12.4. The van der Waals surface area contributed by atoms with E-state index in [2.05, 4.69) is 10.1 Å². The Morgan fingerprint density at radius 3 is 2.79 bits per heavy atom. The second kappa shape index (κ2) is 6.47. The molecule has 0 saturated heterocycles. The van der Waals surface area contributed by atoms with Gasteiger partial charge < -0.3 is 9.42 Å². The zero-order valence-corrected chi connectivity index (χ0v) is 14.9. The highest BCUT2D eigenvalue weighted by molar-refractivity contribution is 7.84. The Bertz CT molecular complexity index is 779. The van der Waals surface area contributed by atoms with E-state index in [9.17, 15) is 9.00 Å². The first-order valence-corrected chi connectivity index (χ1v) is 9.40. The van der Waals surface area contributed by atoms with Crippen molar-refractivity contribution in [1.82, 2.24) is 10.1 Å². The number of benzene rings is 1. The summed E-state index contributed by atoms with van der Waals surface area (Å²) in [5.41, 5.74) is 1.86. The summed E-state index contributed by atoms with van der Waals surface area (Å²) in [6.07, 6.45) is 0.840. The smallest absolute Gasteiger partial charge is 0.239 e. The van der Waals surface area contributed by atoms with E-state index in [1.807, 2.05) is 45.0 Å². The minimum atomic E-state index is -1.37. The minimum Gasteiger partial charge on any atom is -0.338 e. The van der Waals surface area contributed by atoms with E-state index in [0.29, 0.717) is 18.3 Å². The van der Waals surface area contributed by atoms with Crippen molar-refractivity contribution in [2.24, 2.45) is 0 Å². The second-order valence-electron chi connectivity index (χ2n) is 6.91. The molecule has 1 aromatic heterocycles. The lowest BCUT2D eigenvalue weighted by Crippen LogP contribution is -2.33. The standard InChI is InChI=1S/C17H21N3O3S/c1-17(2,3)16-18-14(23-19-16)10-24(22)11-15(21)20-9-8-12-6-4-5-7-13(12)20/h4-7H,8-11H2,1-3H3/t24-/m0/s1. The molecule has 0 saturated carbocycles. The van der Waals surface area contributed by atoms with Crippen LogP contribution in [0.5, 0.6) is 0 Å². The maximum absolute atomic E-state index is 12.4. The van der Waals surface area contributed by atoms with Gasteiger partial charge in [-0.2, -0.15) is 4.98 Å². The van der Waals surface area contributed by atoms with Gasteiger partial charge in [-0.05, 0) is 18.1 Å². The van der Waals surface area contributed by atoms with E-state index in [1.165, 1.54) is 0 Å². The fourth-order valence-corrected chi connectivity index (χ4v) is 3.55. The maximum Gasteiger partial charge on any atom is 0.239 e. The predicted octanol–water partition coefficient (Wildman–Crippen LogP) is 2.21. The number of nitrogens with zero attached hydrogens (tertiary/aromatic N) is 3. The molecule has 0 unspecified atom stereocenters. The summed E-state index contributed by atoms with van der Waals surface area (Å²) < 4.78 is 17.4. The third-order valence-corrected chi connectivity index (χ3v) is 5.03. The van der Waals surface area contributed by atoms with Crippen LogP contribution in [-0.4, -0.2) is 32.6 Å². The SMILES string of the molecule is CC(C)(C)c1noc(C[S@](=O)CC(=O)N2CCc3ccccc32)n1. The number of para-hydroxylation sites is 1. The molecule has 1 aliphatic rings. The van der Waals surface area contributed by atoms with Crippen LogP contribution in [0.25, 0.3) is 0 Å². The van der Waals surface area contributed by atoms with Crippen molar-refractivity contribution in [3.05, 3.63) is 41.5 Å². The zero-order chi connectivity index (χ0) is 17.3. The predicted molar refractivity (Wildman–Crippen MR) is 92.2 cm³/mol. The van der Waals surface area contributed by atoms with Crippen LogP contribution in [0.1, 0.15) is 38.0 Å². The summed E-state index contributed by atoms with van der Waals surface area (Å²) >= 11 is 0. The van der Waals surface area contributed by atoms with Crippen molar-refractivity contribution in [3.63, 3.8) is 0 Å². The van der Waals surface area contributed by atoms with Crippen LogP contribution < -0.4 is 4.90 Å². The third-order valence-electron chi connectivity index (χ3n) is 3.90. The van der Waals surface area contributed by atoms with Crippen molar-refractivity contribution in [1.29, 1.82) is 0 Å². The quantitative estimate of drug-likeness (QED) is 0.847. The van der Waals surface area contributed by atoms with E-state index >= 15 is 0 Å². The molecule has 6 nitrogen and oxygen atoms in total. The van der Waals surface area contributed by atoms with Gasteiger partial charge in [-0.15, -0.1) is 0 Å². The van der Waals surface area contributed by atoms with Crippen LogP contribution >= 0.6 is 0 Å². The molecule has 2 aromatic rings. The van der Waals surface area contributed by atoms with Gasteiger partial charge in [0.2, 0.25) is 11.8 Å². The largest absolute Gasteiger partial charge is 0.338 e. The molecule has 128 valence electrons. The Morgan fingerprint density at radius 1 is 1.33 bits per heavy atom. The summed E-state index contributed by atoms with van der Waals surface area (Å²) in [5.74, 6) is 0.822. The topological polar surface area (TPSA) is 76.3 Å². The highest BCUT2D eigenvalue weighted by Gasteiger charge is 2.26. The molecular formula is C17H21N3O3S. The van der Waals surface area contributed by atoms with Gasteiger partial charge in [0.05, 0.1) is 0 Å². The molecule has 0 N–H and O–H groups in total. The molecule has 3 rings (SSSR count). The van der Waals surface area contributed by atoms with E-state index < -0.39 is 10.8 Å². The van der Waals surface area contributed by atoms with Crippen LogP contribution in [0, 0.1) is 0 Å². The fraction of sp³-hybridized carbons (Fsp3) is 0.471. The molecular weight excluding hydrogens is 326 g/mol. The highest BCUT2D eigenvalue weighted by Crippen LogP contribution is 2.27. The van der Waals surface area contributed by atoms with E-state index in [1.54, 1.807) is 4.90 Å². The molecule has 1 atom stereocenters. The first-order valence-electron chi connectivity index (χ1n) is 7.91.